The first-order chi connectivity index (χ1) is 13.1. The highest BCUT2D eigenvalue weighted by Crippen LogP contribution is 2.20. The standard InChI is InChI=1S/C18H23ClN6O2/c1-13-22-16(12-17(23-13)25-8-10-27-11-9-25)20-6-7-21-18(26)24-15-5-3-2-4-14(15)19/h2-5,12H,6-11H2,1H3,(H,20,22,23)(H2,21,24,26). The van der Waals surface area contributed by atoms with Gasteiger partial charge in [0.1, 0.15) is 17.5 Å². The number of ether oxygens (including phenoxy) is 1. The smallest absolute Gasteiger partial charge is 0.319 e. The number of rotatable bonds is 6. The lowest BCUT2D eigenvalue weighted by molar-refractivity contribution is 0.122. The Hall–Kier alpha value is -2.58. The Morgan fingerprint density at radius 3 is 2.78 bits per heavy atom. The van der Waals surface area contributed by atoms with Crippen LogP contribution in [-0.4, -0.2) is 55.4 Å². The van der Waals surface area contributed by atoms with E-state index in [1.54, 1.807) is 12.1 Å². The van der Waals surface area contributed by atoms with E-state index < -0.39 is 0 Å². The largest absolute Gasteiger partial charge is 0.378 e. The number of morpholine rings is 1. The van der Waals surface area contributed by atoms with Crippen LogP contribution >= 0.6 is 11.6 Å². The summed E-state index contributed by atoms with van der Waals surface area (Å²) in [5.41, 5.74) is 0.575. The van der Waals surface area contributed by atoms with Crippen molar-refractivity contribution in [2.24, 2.45) is 0 Å². The van der Waals surface area contributed by atoms with Gasteiger partial charge in [-0.3, -0.25) is 0 Å². The Labute approximate surface area is 163 Å². The molecular formula is C18H23ClN6O2. The highest BCUT2D eigenvalue weighted by Gasteiger charge is 2.14. The number of para-hydroxylation sites is 1. The van der Waals surface area contributed by atoms with E-state index in [1.807, 2.05) is 25.1 Å². The van der Waals surface area contributed by atoms with Gasteiger partial charge >= 0.3 is 6.03 Å². The first kappa shape index (κ1) is 19.2. The second-order valence-corrected chi connectivity index (χ2v) is 6.45. The van der Waals surface area contributed by atoms with Crippen LogP contribution in [0.3, 0.4) is 0 Å². The van der Waals surface area contributed by atoms with Crippen LogP contribution in [0.1, 0.15) is 5.82 Å². The molecule has 9 heteroatoms. The van der Waals surface area contributed by atoms with Gasteiger partial charge in [-0.25, -0.2) is 14.8 Å². The molecule has 0 radical (unpaired) electrons. The Bertz CT molecular complexity index is 782. The van der Waals surface area contributed by atoms with Gasteiger partial charge in [0.05, 0.1) is 23.9 Å². The second kappa shape index (κ2) is 9.38. The SMILES string of the molecule is Cc1nc(NCCNC(=O)Nc2ccccc2Cl)cc(N2CCOCC2)n1. The lowest BCUT2D eigenvalue weighted by Gasteiger charge is -2.28. The molecule has 2 aromatic rings. The summed E-state index contributed by atoms with van der Waals surface area (Å²) in [6.07, 6.45) is 0. The van der Waals surface area contributed by atoms with Crippen molar-refractivity contribution < 1.29 is 9.53 Å². The lowest BCUT2D eigenvalue weighted by Crippen LogP contribution is -2.37. The van der Waals surface area contributed by atoms with Crippen molar-refractivity contribution in [3.8, 4) is 0 Å². The second-order valence-electron chi connectivity index (χ2n) is 6.05. The van der Waals surface area contributed by atoms with E-state index in [0.29, 0.717) is 42.8 Å². The van der Waals surface area contributed by atoms with Gasteiger partial charge in [0, 0.05) is 32.2 Å². The van der Waals surface area contributed by atoms with E-state index >= 15 is 0 Å². The predicted octanol–water partition coefficient (Wildman–Crippen LogP) is 2.51. The number of urea groups is 1. The summed E-state index contributed by atoms with van der Waals surface area (Å²) in [6.45, 7) is 5.89. The van der Waals surface area contributed by atoms with E-state index in [9.17, 15) is 4.79 Å². The highest BCUT2D eigenvalue weighted by molar-refractivity contribution is 6.33. The van der Waals surface area contributed by atoms with E-state index in [0.717, 1.165) is 24.7 Å². The van der Waals surface area contributed by atoms with Crippen molar-refractivity contribution in [2.75, 3.05) is 54.9 Å². The Kier molecular flexibility index (Phi) is 6.67. The molecule has 3 N–H and O–H groups in total. The molecule has 1 aliphatic rings. The van der Waals surface area contributed by atoms with Crippen LogP contribution in [0, 0.1) is 6.92 Å². The number of halogens is 1. The molecule has 1 aromatic heterocycles. The van der Waals surface area contributed by atoms with Gasteiger partial charge in [-0.15, -0.1) is 0 Å². The Morgan fingerprint density at radius 1 is 1.22 bits per heavy atom. The molecule has 0 atom stereocenters. The average molecular weight is 391 g/mol. The van der Waals surface area contributed by atoms with E-state index in [-0.39, 0.29) is 6.03 Å². The first-order valence-corrected chi connectivity index (χ1v) is 9.21. The van der Waals surface area contributed by atoms with Crippen molar-refractivity contribution in [1.29, 1.82) is 0 Å². The number of amides is 2. The van der Waals surface area contributed by atoms with Crippen LogP contribution in [0.4, 0.5) is 22.1 Å². The summed E-state index contributed by atoms with van der Waals surface area (Å²) in [7, 11) is 0. The van der Waals surface area contributed by atoms with Crippen molar-refractivity contribution in [3.63, 3.8) is 0 Å². The topological polar surface area (TPSA) is 91.4 Å². The van der Waals surface area contributed by atoms with Crippen molar-refractivity contribution in [1.82, 2.24) is 15.3 Å². The van der Waals surface area contributed by atoms with Gasteiger partial charge in [-0.05, 0) is 19.1 Å². The number of aromatic nitrogens is 2. The van der Waals surface area contributed by atoms with Gasteiger partial charge in [0.15, 0.2) is 0 Å². The van der Waals surface area contributed by atoms with Crippen molar-refractivity contribution in [2.45, 2.75) is 6.92 Å². The Morgan fingerprint density at radius 2 is 2.00 bits per heavy atom. The van der Waals surface area contributed by atoms with Gasteiger partial charge in [-0.1, -0.05) is 23.7 Å². The van der Waals surface area contributed by atoms with Crippen molar-refractivity contribution >= 4 is 35.0 Å². The maximum Gasteiger partial charge on any atom is 0.319 e. The monoisotopic (exact) mass is 390 g/mol. The molecule has 0 unspecified atom stereocenters. The molecule has 1 aromatic carbocycles. The zero-order chi connectivity index (χ0) is 19.1. The van der Waals surface area contributed by atoms with E-state index in [4.69, 9.17) is 16.3 Å². The minimum atomic E-state index is -0.308. The number of carbonyl (C=O) groups excluding carboxylic acids is 1. The molecule has 1 saturated heterocycles. The van der Waals surface area contributed by atoms with Crippen LogP contribution in [0.25, 0.3) is 0 Å². The third kappa shape index (κ3) is 5.70. The quantitative estimate of drug-likeness (QED) is 0.656. The summed E-state index contributed by atoms with van der Waals surface area (Å²) in [4.78, 5) is 23.0. The van der Waals surface area contributed by atoms with Crippen LogP contribution in [0.5, 0.6) is 0 Å². The molecule has 27 heavy (non-hydrogen) atoms. The van der Waals surface area contributed by atoms with E-state index in [2.05, 4.69) is 30.8 Å². The van der Waals surface area contributed by atoms with Crippen LogP contribution in [0.2, 0.25) is 5.02 Å². The summed E-state index contributed by atoms with van der Waals surface area (Å²) in [5.74, 6) is 2.32. The van der Waals surface area contributed by atoms with Gasteiger partial charge in [0.2, 0.25) is 0 Å². The molecule has 3 rings (SSSR count). The number of nitrogens with zero attached hydrogens (tertiary/aromatic N) is 3. The average Bonchev–Trinajstić information content (AvgIpc) is 2.67. The van der Waals surface area contributed by atoms with Gasteiger partial charge in [0.25, 0.3) is 0 Å². The molecule has 2 heterocycles. The number of hydrogen-bond donors (Lipinski definition) is 3. The zero-order valence-electron chi connectivity index (χ0n) is 15.2. The summed E-state index contributed by atoms with van der Waals surface area (Å²) >= 11 is 6.02. The molecule has 0 spiro atoms. The molecule has 0 aliphatic carbocycles. The number of carbonyl (C=O) groups is 1. The summed E-state index contributed by atoms with van der Waals surface area (Å²) in [5, 5.41) is 9.21. The first-order valence-electron chi connectivity index (χ1n) is 8.83. The van der Waals surface area contributed by atoms with Gasteiger partial charge in [-0.2, -0.15) is 0 Å². The van der Waals surface area contributed by atoms with Crippen LogP contribution < -0.4 is 20.9 Å². The van der Waals surface area contributed by atoms with E-state index in [1.165, 1.54) is 0 Å². The predicted molar refractivity (Wildman–Crippen MR) is 107 cm³/mol. The number of anilines is 3. The third-order valence-corrected chi connectivity index (χ3v) is 4.33. The molecule has 1 fully saturated rings. The lowest BCUT2D eigenvalue weighted by atomic mass is 10.3. The normalized spacial score (nSPS) is 13.9. The maximum absolute atomic E-state index is 11.9. The summed E-state index contributed by atoms with van der Waals surface area (Å²) < 4.78 is 5.38. The van der Waals surface area contributed by atoms with Crippen molar-refractivity contribution in [3.05, 3.63) is 41.2 Å². The molecule has 8 nitrogen and oxygen atoms in total. The number of hydrogen-bond acceptors (Lipinski definition) is 6. The molecule has 1 aliphatic heterocycles. The molecule has 2 amide bonds. The summed E-state index contributed by atoms with van der Waals surface area (Å²) in [6, 6.07) is 8.70. The third-order valence-electron chi connectivity index (χ3n) is 4.00. The number of aryl methyl sites for hydroxylation is 1. The number of benzene rings is 1. The van der Waals surface area contributed by atoms with Crippen LogP contribution in [0.15, 0.2) is 30.3 Å². The minimum Gasteiger partial charge on any atom is -0.378 e. The number of nitrogens with one attached hydrogen (secondary N) is 3. The molecule has 0 saturated carbocycles. The van der Waals surface area contributed by atoms with Crippen LogP contribution in [-0.2, 0) is 4.74 Å². The molecule has 144 valence electrons. The highest BCUT2D eigenvalue weighted by atomic mass is 35.5. The minimum absolute atomic E-state index is 0.308. The molecular weight excluding hydrogens is 368 g/mol. The fraction of sp³-hybridized carbons (Fsp3) is 0.389. The Balaban J connectivity index is 1.46. The zero-order valence-corrected chi connectivity index (χ0v) is 15.9. The van der Waals surface area contributed by atoms with Gasteiger partial charge < -0.3 is 25.6 Å². The fourth-order valence-corrected chi connectivity index (χ4v) is 2.88. The fourth-order valence-electron chi connectivity index (χ4n) is 2.69. The maximum atomic E-state index is 11.9. The molecule has 0 bridgehead atoms.